The standard InChI is InChI=1S/C7H9NO3/c1-11-7(10)6-3-2-5(4-9)8-6/h6,8H,2-3H2,1H3/t6-/m1/s1. The van der Waals surface area contributed by atoms with E-state index in [0.717, 1.165) is 0 Å². The van der Waals surface area contributed by atoms with Crippen LogP contribution in [0, 0.1) is 0 Å². The van der Waals surface area contributed by atoms with Gasteiger partial charge in [-0.05, 0) is 6.42 Å². The van der Waals surface area contributed by atoms with Crippen molar-refractivity contribution >= 4 is 11.9 Å². The molecule has 0 radical (unpaired) electrons. The molecule has 0 spiro atoms. The Morgan fingerprint density at radius 2 is 2.55 bits per heavy atom. The van der Waals surface area contributed by atoms with E-state index in [0.29, 0.717) is 18.5 Å². The van der Waals surface area contributed by atoms with Crippen LogP contribution in [0.2, 0.25) is 0 Å². The molecule has 0 saturated carbocycles. The lowest BCUT2D eigenvalue weighted by molar-refractivity contribution is -0.142. The summed E-state index contributed by atoms with van der Waals surface area (Å²) in [5, 5.41) is 2.71. The van der Waals surface area contributed by atoms with Gasteiger partial charge in [-0.1, -0.05) is 0 Å². The number of ether oxygens (including phenoxy) is 1. The summed E-state index contributed by atoms with van der Waals surface area (Å²) in [5.41, 5.74) is 0.459. The minimum Gasteiger partial charge on any atom is -0.467 e. The van der Waals surface area contributed by atoms with Crippen LogP contribution in [0.5, 0.6) is 0 Å². The Morgan fingerprint density at radius 1 is 1.82 bits per heavy atom. The first kappa shape index (κ1) is 7.82. The lowest BCUT2D eigenvalue weighted by Crippen LogP contribution is -2.30. The number of rotatable bonds is 1. The van der Waals surface area contributed by atoms with Crippen molar-refractivity contribution in [1.82, 2.24) is 5.32 Å². The first-order valence-corrected chi connectivity index (χ1v) is 3.36. The maximum atomic E-state index is 10.8. The quantitative estimate of drug-likeness (QED) is 0.414. The zero-order valence-electron chi connectivity index (χ0n) is 6.22. The summed E-state index contributed by atoms with van der Waals surface area (Å²) in [6.07, 6.45) is 1.21. The monoisotopic (exact) mass is 155 g/mol. The predicted octanol–water partition coefficient (Wildman–Crippen LogP) is -0.373. The highest BCUT2D eigenvalue weighted by Crippen LogP contribution is 2.13. The Bertz CT molecular complexity index is 218. The van der Waals surface area contributed by atoms with Crippen LogP contribution in [-0.2, 0) is 14.3 Å². The molecule has 1 fully saturated rings. The first-order valence-electron chi connectivity index (χ1n) is 3.36. The minimum absolute atomic E-state index is 0.324. The van der Waals surface area contributed by atoms with Gasteiger partial charge < -0.3 is 10.1 Å². The molecule has 0 bridgehead atoms. The summed E-state index contributed by atoms with van der Waals surface area (Å²) in [7, 11) is 1.33. The highest BCUT2D eigenvalue weighted by atomic mass is 16.5. The number of hydrogen-bond donors (Lipinski definition) is 1. The van der Waals surface area contributed by atoms with E-state index in [9.17, 15) is 9.59 Å². The minimum atomic E-state index is -0.351. The third-order valence-electron chi connectivity index (χ3n) is 1.64. The molecule has 60 valence electrons. The van der Waals surface area contributed by atoms with Crippen molar-refractivity contribution in [3.63, 3.8) is 0 Å². The predicted molar refractivity (Wildman–Crippen MR) is 37.4 cm³/mol. The highest BCUT2D eigenvalue weighted by Gasteiger charge is 2.25. The van der Waals surface area contributed by atoms with E-state index >= 15 is 0 Å². The third kappa shape index (κ3) is 1.59. The van der Waals surface area contributed by atoms with Gasteiger partial charge in [-0.25, -0.2) is 9.59 Å². The number of hydrogen-bond acceptors (Lipinski definition) is 4. The molecule has 0 aliphatic carbocycles. The number of carbonyl (C=O) groups is 1. The second-order valence-corrected chi connectivity index (χ2v) is 2.34. The number of nitrogens with one attached hydrogen (secondary N) is 1. The van der Waals surface area contributed by atoms with Gasteiger partial charge in [-0.15, -0.1) is 0 Å². The van der Waals surface area contributed by atoms with Crippen molar-refractivity contribution in [2.24, 2.45) is 0 Å². The molecule has 11 heavy (non-hydrogen) atoms. The molecular weight excluding hydrogens is 146 g/mol. The topological polar surface area (TPSA) is 55.4 Å². The Morgan fingerprint density at radius 3 is 3.00 bits per heavy atom. The summed E-state index contributed by atoms with van der Waals surface area (Å²) >= 11 is 0. The van der Waals surface area contributed by atoms with Crippen LogP contribution < -0.4 is 5.32 Å². The van der Waals surface area contributed by atoms with E-state index in [1.165, 1.54) is 7.11 Å². The normalized spacial score (nSPS) is 22.3. The van der Waals surface area contributed by atoms with Crippen LogP contribution in [0.4, 0.5) is 0 Å². The van der Waals surface area contributed by atoms with Gasteiger partial charge in [-0.3, -0.25) is 0 Å². The number of carbonyl (C=O) groups excluding carboxylic acids is 2. The summed E-state index contributed by atoms with van der Waals surface area (Å²) < 4.78 is 4.48. The van der Waals surface area contributed by atoms with Crippen LogP contribution in [0.25, 0.3) is 0 Å². The van der Waals surface area contributed by atoms with Gasteiger partial charge in [0.15, 0.2) is 0 Å². The molecule has 1 heterocycles. The second-order valence-electron chi connectivity index (χ2n) is 2.34. The van der Waals surface area contributed by atoms with Crippen molar-refractivity contribution in [1.29, 1.82) is 0 Å². The Hall–Kier alpha value is -1.28. The van der Waals surface area contributed by atoms with Gasteiger partial charge in [0.1, 0.15) is 12.0 Å². The molecule has 1 aliphatic heterocycles. The fourth-order valence-corrected chi connectivity index (χ4v) is 1.04. The number of esters is 1. The molecule has 1 atom stereocenters. The molecule has 0 aromatic carbocycles. The molecule has 1 N–H and O–H groups in total. The van der Waals surface area contributed by atoms with Gasteiger partial charge in [0.25, 0.3) is 0 Å². The molecule has 0 aromatic rings. The smallest absolute Gasteiger partial charge is 0.328 e. The van der Waals surface area contributed by atoms with E-state index < -0.39 is 0 Å². The molecule has 1 aliphatic rings. The number of methoxy groups -OCH3 is 1. The average Bonchev–Trinajstić information content (AvgIpc) is 2.50. The van der Waals surface area contributed by atoms with Gasteiger partial charge in [0.05, 0.1) is 12.8 Å². The maximum absolute atomic E-state index is 10.8. The Balaban J connectivity index is 2.54. The van der Waals surface area contributed by atoms with Crippen molar-refractivity contribution in [2.45, 2.75) is 18.9 Å². The summed E-state index contributed by atoms with van der Waals surface area (Å²) in [4.78, 5) is 20.9. The van der Waals surface area contributed by atoms with Crippen molar-refractivity contribution in [3.05, 3.63) is 5.70 Å². The fraction of sp³-hybridized carbons (Fsp3) is 0.571. The van der Waals surface area contributed by atoms with Gasteiger partial charge in [0.2, 0.25) is 0 Å². The van der Waals surface area contributed by atoms with E-state index in [1.54, 1.807) is 5.94 Å². The lowest BCUT2D eigenvalue weighted by Gasteiger charge is -2.05. The van der Waals surface area contributed by atoms with E-state index in [2.05, 4.69) is 10.1 Å². The Kier molecular flexibility index (Phi) is 2.28. The summed E-state index contributed by atoms with van der Waals surface area (Å²) in [6, 6.07) is -0.351. The van der Waals surface area contributed by atoms with Gasteiger partial charge in [0, 0.05) is 6.42 Å². The lowest BCUT2D eigenvalue weighted by atomic mass is 10.2. The first-order chi connectivity index (χ1) is 5.27. The molecular formula is C7H9NO3. The fourth-order valence-electron chi connectivity index (χ4n) is 1.04. The van der Waals surface area contributed by atoms with Crippen molar-refractivity contribution in [2.75, 3.05) is 7.11 Å². The largest absolute Gasteiger partial charge is 0.467 e. The van der Waals surface area contributed by atoms with Crippen LogP contribution in [-0.4, -0.2) is 25.1 Å². The third-order valence-corrected chi connectivity index (χ3v) is 1.64. The van der Waals surface area contributed by atoms with Gasteiger partial charge in [-0.2, -0.15) is 0 Å². The van der Waals surface area contributed by atoms with E-state index in [-0.39, 0.29) is 12.0 Å². The SMILES string of the molecule is COC(=O)[C@H]1CCC(=C=O)N1. The zero-order valence-corrected chi connectivity index (χ0v) is 6.22. The zero-order chi connectivity index (χ0) is 8.27. The maximum Gasteiger partial charge on any atom is 0.328 e. The molecule has 0 unspecified atom stereocenters. The van der Waals surface area contributed by atoms with E-state index in [1.807, 2.05) is 0 Å². The van der Waals surface area contributed by atoms with Crippen LogP contribution in [0.3, 0.4) is 0 Å². The molecule has 1 rings (SSSR count). The second kappa shape index (κ2) is 3.21. The molecule has 4 heteroatoms. The molecule has 4 nitrogen and oxygen atoms in total. The van der Waals surface area contributed by atoms with E-state index in [4.69, 9.17) is 0 Å². The molecule has 1 saturated heterocycles. The molecule has 0 amide bonds. The van der Waals surface area contributed by atoms with Gasteiger partial charge >= 0.3 is 5.97 Å². The summed E-state index contributed by atoms with van der Waals surface area (Å²) in [5.74, 6) is 1.40. The number of allylic oxidation sites excluding steroid dienone is 1. The average molecular weight is 155 g/mol. The van der Waals surface area contributed by atoms with Crippen molar-refractivity contribution in [3.8, 4) is 0 Å². The summed E-state index contributed by atoms with van der Waals surface area (Å²) in [6.45, 7) is 0. The Labute approximate surface area is 64.2 Å². The van der Waals surface area contributed by atoms with Crippen LogP contribution in [0.1, 0.15) is 12.8 Å². The van der Waals surface area contributed by atoms with Crippen LogP contribution in [0.15, 0.2) is 5.70 Å². The highest BCUT2D eigenvalue weighted by molar-refractivity contribution is 5.77. The van der Waals surface area contributed by atoms with Crippen LogP contribution >= 0.6 is 0 Å². The van der Waals surface area contributed by atoms with Crippen molar-refractivity contribution < 1.29 is 14.3 Å². The molecule has 0 aromatic heterocycles.